The van der Waals surface area contributed by atoms with E-state index in [1.54, 1.807) is 13.0 Å². The van der Waals surface area contributed by atoms with Crippen LogP contribution in [0.2, 0.25) is 5.15 Å². The van der Waals surface area contributed by atoms with E-state index < -0.39 is 0 Å². The van der Waals surface area contributed by atoms with E-state index in [0.717, 1.165) is 4.96 Å². The van der Waals surface area contributed by atoms with Gasteiger partial charge in [0.2, 0.25) is 5.91 Å². The van der Waals surface area contributed by atoms with E-state index in [0.29, 0.717) is 10.8 Å². The van der Waals surface area contributed by atoms with E-state index in [1.165, 1.54) is 17.4 Å². The lowest BCUT2D eigenvalue weighted by atomic mass is 10.3. The van der Waals surface area contributed by atoms with Crippen LogP contribution >= 0.6 is 22.9 Å². The largest absolute Gasteiger partial charge is 0.394 e. The van der Waals surface area contributed by atoms with Crippen LogP contribution in [0, 0.1) is 0 Å². The fourth-order valence-electron chi connectivity index (χ4n) is 1.42. The van der Waals surface area contributed by atoms with Crippen LogP contribution < -0.4 is 5.32 Å². The number of hydrogen-bond donors (Lipinski definition) is 2. The van der Waals surface area contributed by atoms with Crippen LogP contribution in [0.3, 0.4) is 0 Å². The minimum Gasteiger partial charge on any atom is -0.394 e. The molecular formula is C11H12ClN3O2S. The first kappa shape index (κ1) is 13.1. The maximum absolute atomic E-state index is 11.5. The molecule has 0 bridgehead atoms. The number of imidazole rings is 1. The molecule has 0 fully saturated rings. The lowest BCUT2D eigenvalue weighted by Crippen LogP contribution is -2.33. The molecule has 1 atom stereocenters. The molecule has 2 aromatic heterocycles. The van der Waals surface area contributed by atoms with Crippen molar-refractivity contribution in [1.29, 1.82) is 0 Å². The van der Waals surface area contributed by atoms with Gasteiger partial charge in [-0.25, -0.2) is 4.98 Å². The highest BCUT2D eigenvalue weighted by Gasteiger charge is 2.09. The summed E-state index contributed by atoms with van der Waals surface area (Å²) in [5.74, 6) is -0.280. The molecule has 96 valence electrons. The van der Waals surface area contributed by atoms with Crippen molar-refractivity contribution >= 4 is 39.9 Å². The van der Waals surface area contributed by atoms with E-state index >= 15 is 0 Å². The topological polar surface area (TPSA) is 66.6 Å². The zero-order valence-corrected chi connectivity index (χ0v) is 11.2. The number of amides is 1. The second-order valence-corrected chi connectivity index (χ2v) is 5.00. The summed E-state index contributed by atoms with van der Waals surface area (Å²) in [7, 11) is 0. The predicted octanol–water partition coefficient (Wildman–Crippen LogP) is 1.56. The van der Waals surface area contributed by atoms with Crippen LogP contribution in [0.25, 0.3) is 11.0 Å². The molecule has 0 radical (unpaired) electrons. The molecule has 2 aromatic rings. The number of hydrogen-bond acceptors (Lipinski definition) is 4. The van der Waals surface area contributed by atoms with E-state index in [9.17, 15) is 4.79 Å². The fraction of sp³-hybridized carbons (Fsp3) is 0.273. The Kier molecular flexibility index (Phi) is 4.00. The van der Waals surface area contributed by atoms with Crippen molar-refractivity contribution in [2.24, 2.45) is 0 Å². The minimum atomic E-state index is -0.280. The average molecular weight is 286 g/mol. The van der Waals surface area contributed by atoms with Crippen LogP contribution in [0.4, 0.5) is 0 Å². The van der Waals surface area contributed by atoms with Crippen molar-refractivity contribution in [1.82, 2.24) is 14.7 Å². The summed E-state index contributed by atoms with van der Waals surface area (Å²) in [6, 6.07) is -0.274. The van der Waals surface area contributed by atoms with Crippen molar-refractivity contribution in [3.8, 4) is 0 Å². The number of fused-ring (bicyclic) bond motifs is 1. The number of aliphatic hydroxyl groups is 1. The van der Waals surface area contributed by atoms with Gasteiger partial charge >= 0.3 is 0 Å². The van der Waals surface area contributed by atoms with Gasteiger partial charge in [-0.15, -0.1) is 11.3 Å². The monoisotopic (exact) mass is 285 g/mol. The number of thiazole rings is 1. The average Bonchev–Trinajstić information content (AvgIpc) is 2.87. The quantitative estimate of drug-likeness (QED) is 0.838. The number of aliphatic hydroxyl groups excluding tert-OH is 1. The Morgan fingerprint density at radius 1 is 1.78 bits per heavy atom. The molecule has 2 N–H and O–H groups in total. The number of carbonyl (C=O) groups is 1. The second-order valence-electron chi connectivity index (χ2n) is 3.77. The maximum Gasteiger partial charge on any atom is 0.244 e. The normalized spacial score (nSPS) is 13.3. The van der Waals surface area contributed by atoms with E-state index in [4.69, 9.17) is 16.7 Å². The Balaban J connectivity index is 2.15. The van der Waals surface area contributed by atoms with Gasteiger partial charge in [-0.2, -0.15) is 0 Å². The first-order valence-electron chi connectivity index (χ1n) is 5.32. The Hall–Kier alpha value is -1.37. The third kappa shape index (κ3) is 2.72. The van der Waals surface area contributed by atoms with Gasteiger partial charge < -0.3 is 10.4 Å². The Morgan fingerprint density at radius 2 is 2.56 bits per heavy atom. The lowest BCUT2D eigenvalue weighted by Gasteiger charge is -2.07. The van der Waals surface area contributed by atoms with E-state index in [1.807, 2.05) is 16.0 Å². The summed E-state index contributed by atoms with van der Waals surface area (Å²) in [5, 5.41) is 13.7. The molecule has 0 aromatic carbocycles. The molecule has 0 spiro atoms. The van der Waals surface area contributed by atoms with Gasteiger partial charge in [-0.1, -0.05) is 11.6 Å². The summed E-state index contributed by atoms with van der Waals surface area (Å²) < 4.78 is 1.81. The van der Waals surface area contributed by atoms with E-state index in [-0.39, 0.29) is 18.6 Å². The van der Waals surface area contributed by atoms with Crippen LogP contribution in [-0.4, -0.2) is 33.0 Å². The van der Waals surface area contributed by atoms with Gasteiger partial charge in [0, 0.05) is 23.7 Å². The standard InChI is InChI=1S/C11H12ClN3O2S/c1-7(6-16)13-9(17)3-2-8-10(12)14-11-15(8)4-5-18-11/h2-5,7,16H,6H2,1H3,(H,13,17)/t7-/m0/s1. The number of nitrogens with zero attached hydrogens (tertiary/aromatic N) is 2. The zero-order chi connectivity index (χ0) is 13.1. The summed E-state index contributed by atoms with van der Waals surface area (Å²) >= 11 is 7.45. The number of carbonyl (C=O) groups excluding carboxylic acids is 1. The molecule has 18 heavy (non-hydrogen) atoms. The molecular weight excluding hydrogens is 274 g/mol. The van der Waals surface area contributed by atoms with Crippen LogP contribution in [0.5, 0.6) is 0 Å². The van der Waals surface area contributed by atoms with Crippen molar-refractivity contribution in [3.63, 3.8) is 0 Å². The molecule has 0 saturated carbocycles. The number of rotatable bonds is 4. The van der Waals surface area contributed by atoms with Gasteiger partial charge in [0.15, 0.2) is 10.1 Å². The Labute approximate surface area is 113 Å². The van der Waals surface area contributed by atoms with E-state index in [2.05, 4.69) is 10.3 Å². The summed E-state index contributed by atoms with van der Waals surface area (Å²) in [4.78, 5) is 16.4. The van der Waals surface area contributed by atoms with Crippen molar-refractivity contribution in [2.45, 2.75) is 13.0 Å². The fourth-order valence-corrected chi connectivity index (χ4v) is 2.42. The van der Waals surface area contributed by atoms with Gasteiger partial charge in [-0.3, -0.25) is 9.20 Å². The second kappa shape index (κ2) is 5.51. The van der Waals surface area contributed by atoms with Crippen molar-refractivity contribution in [3.05, 3.63) is 28.5 Å². The SMILES string of the molecule is C[C@@H](CO)NC(=O)C=Cc1c(Cl)nc2sccn12. The molecule has 7 heteroatoms. The van der Waals surface area contributed by atoms with Crippen molar-refractivity contribution in [2.75, 3.05) is 6.61 Å². The molecule has 0 saturated heterocycles. The first-order chi connectivity index (χ1) is 8.61. The molecule has 2 rings (SSSR count). The molecule has 5 nitrogen and oxygen atoms in total. The molecule has 1 amide bonds. The molecule has 2 heterocycles. The number of aromatic nitrogens is 2. The first-order valence-corrected chi connectivity index (χ1v) is 6.58. The molecule has 0 aliphatic rings. The summed E-state index contributed by atoms with van der Waals surface area (Å²) in [6.07, 6.45) is 4.82. The third-order valence-corrected chi connectivity index (χ3v) is 3.34. The van der Waals surface area contributed by atoms with Crippen LogP contribution in [0.1, 0.15) is 12.6 Å². The van der Waals surface area contributed by atoms with Gasteiger partial charge in [-0.05, 0) is 13.0 Å². The molecule has 0 aliphatic heterocycles. The maximum atomic E-state index is 11.5. The van der Waals surface area contributed by atoms with Crippen molar-refractivity contribution < 1.29 is 9.90 Å². The van der Waals surface area contributed by atoms with Crippen LogP contribution in [0.15, 0.2) is 17.7 Å². The van der Waals surface area contributed by atoms with Gasteiger partial charge in [0.05, 0.1) is 12.3 Å². The molecule has 0 aliphatic carbocycles. The highest BCUT2D eigenvalue weighted by molar-refractivity contribution is 7.15. The van der Waals surface area contributed by atoms with Gasteiger partial charge in [0.25, 0.3) is 0 Å². The number of nitrogens with one attached hydrogen (secondary N) is 1. The highest BCUT2D eigenvalue weighted by Crippen LogP contribution is 2.22. The Morgan fingerprint density at radius 3 is 3.28 bits per heavy atom. The highest BCUT2D eigenvalue weighted by atomic mass is 35.5. The lowest BCUT2D eigenvalue weighted by molar-refractivity contribution is -0.117. The number of halogens is 1. The van der Waals surface area contributed by atoms with Crippen LogP contribution in [-0.2, 0) is 4.79 Å². The minimum absolute atomic E-state index is 0.0954. The Bertz CT molecular complexity index is 590. The summed E-state index contributed by atoms with van der Waals surface area (Å²) in [5.41, 5.74) is 0.666. The van der Waals surface area contributed by atoms with Gasteiger partial charge in [0.1, 0.15) is 0 Å². The smallest absolute Gasteiger partial charge is 0.244 e. The predicted molar refractivity (Wildman–Crippen MR) is 71.8 cm³/mol. The summed E-state index contributed by atoms with van der Waals surface area (Å²) in [6.45, 7) is 1.62. The third-order valence-electron chi connectivity index (χ3n) is 2.31. The molecule has 0 unspecified atom stereocenters. The zero-order valence-electron chi connectivity index (χ0n) is 9.63.